The van der Waals surface area contributed by atoms with Crippen molar-refractivity contribution in [1.29, 1.82) is 0 Å². The van der Waals surface area contributed by atoms with Crippen molar-refractivity contribution in [2.45, 2.75) is 6.42 Å². The number of nitrogens with zero attached hydrogens (tertiary/aromatic N) is 1. The van der Waals surface area contributed by atoms with Crippen molar-refractivity contribution < 1.29 is 9.53 Å². The summed E-state index contributed by atoms with van der Waals surface area (Å²) in [5.74, 6) is -0.303. The van der Waals surface area contributed by atoms with E-state index in [1.165, 1.54) is 7.11 Å². The molecule has 0 saturated heterocycles. The first-order valence-electron chi connectivity index (χ1n) is 4.18. The molecule has 0 N–H and O–H groups in total. The number of rotatable bonds is 3. The van der Waals surface area contributed by atoms with Crippen molar-refractivity contribution in [3.05, 3.63) is 34.1 Å². The summed E-state index contributed by atoms with van der Waals surface area (Å²) in [6.07, 6.45) is 5.11. The van der Waals surface area contributed by atoms with E-state index in [0.29, 0.717) is 5.02 Å². The van der Waals surface area contributed by atoms with Gasteiger partial charge in [-0.25, -0.2) is 4.98 Å². The van der Waals surface area contributed by atoms with Crippen LogP contribution in [0.4, 0.5) is 0 Å². The van der Waals surface area contributed by atoms with Gasteiger partial charge in [0.15, 0.2) is 0 Å². The normalized spacial score (nSPS) is 10.6. The van der Waals surface area contributed by atoms with E-state index in [-0.39, 0.29) is 17.5 Å². The number of halogens is 2. The lowest BCUT2D eigenvalue weighted by molar-refractivity contribution is -0.139. The number of hydrogen-bond donors (Lipinski definition) is 0. The Bertz CT molecular complexity index is 391. The zero-order valence-corrected chi connectivity index (χ0v) is 9.55. The van der Waals surface area contributed by atoms with Crippen molar-refractivity contribution in [2.24, 2.45) is 0 Å². The van der Waals surface area contributed by atoms with E-state index in [4.69, 9.17) is 23.2 Å². The maximum atomic E-state index is 10.8. The molecule has 1 heterocycles. The third-order valence-electron chi connectivity index (χ3n) is 1.69. The SMILES string of the molecule is COC(=O)CC=Cc1ccnc(Cl)c1Cl. The number of ether oxygens (including phenoxy) is 1. The van der Waals surface area contributed by atoms with Crippen LogP contribution < -0.4 is 0 Å². The molecule has 3 nitrogen and oxygen atoms in total. The molecule has 1 aromatic rings. The zero-order chi connectivity index (χ0) is 11.3. The highest BCUT2D eigenvalue weighted by Gasteiger charge is 2.02. The summed E-state index contributed by atoms with van der Waals surface area (Å²) in [4.78, 5) is 14.6. The number of pyridine rings is 1. The van der Waals surface area contributed by atoms with Crippen LogP contribution in [0.1, 0.15) is 12.0 Å². The summed E-state index contributed by atoms with van der Waals surface area (Å²) in [5.41, 5.74) is 0.723. The summed E-state index contributed by atoms with van der Waals surface area (Å²) in [6.45, 7) is 0. The van der Waals surface area contributed by atoms with Crippen molar-refractivity contribution >= 4 is 35.2 Å². The molecule has 0 fully saturated rings. The monoisotopic (exact) mass is 245 g/mol. The number of carbonyl (C=O) groups excluding carboxylic acids is 1. The molecule has 0 aliphatic heterocycles. The van der Waals surface area contributed by atoms with E-state index < -0.39 is 0 Å². The molecule has 0 saturated carbocycles. The highest BCUT2D eigenvalue weighted by atomic mass is 35.5. The Morgan fingerprint density at radius 1 is 1.60 bits per heavy atom. The number of esters is 1. The molecule has 0 bridgehead atoms. The van der Waals surface area contributed by atoms with Gasteiger partial charge in [0.2, 0.25) is 0 Å². The van der Waals surface area contributed by atoms with Gasteiger partial charge in [-0.05, 0) is 11.6 Å². The van der Waals surface area contributed by atoms with Crippen LogP contribution in [-0.2, 0) is 9.53 Å². The Labute approximate surface area is 97.7 Å². The molecular formula is C10H9Cl2NO2. The van der Waals surface area contributed by atoms with Crippen LogP contribution in [0.5, 0.6) is 0 Å². The molecular weight excluding hydrogens is 237 g/mol. The van der Waals surface area contributed by atoms with Crippen LogP contribution in [0.25, 0.3) is 6.08 Å². The molecule has 1 rings (SSSR count). The third kappa shape index (κ3) is 3.53. The average Bonchev–Trinajstić information content (AvgIpc) is 2.24. The second-order valence-electron chi connectivity index (χ2n) is 2.69. The highest BCUT2D eigenvalue weighted by Crippen LogP contribution is 2.24. The molecule has 1 aromatic heterocycles. The molecule has 0 unspecified atom stereocenters. The first-order valence-corrected chi connectivity index (χ1v) is 4.94. The van der Waals surface area contributed by atoms with E-state index in [0.717, 1.165) is 5.56 Å². The smallest absolute Gasteiger partial charge is 0.309 e. The van der Waals surface area contributed by atoms with E-state index in [2.05, 4.69) is 9.72 Å². The maximum absolute atomic E-state index is 10.8. The lowest BCUT2D eigenvalue weighted by atomic mass is 10.2. The molecule has 5 heteroatoms. The van der Waals surface area contributed by atoms with Gasteiger partial charge in [0.25, 0.3) is 0 Å². The summed E-state index contributed by atoms with van der Waals surface area (Å²) in [6, 6.07) is 1.71. The lowest BCUT2D eigenvalue weighted by Gasteiger charge is -1.98. The minimum absolute atomic E-state index is 0.201. The standard InChI is InChI=1S/C10H9Cl2NO2/c1-15-8(14)4-2-3-7-5-6-13-10(12)9(7)11/h2-3,5-6H,4H2,1H3. The van der Waals surface area contributed by atoms with Crippen molar-refractivity contribution in [3.8, 4) is 0 Å². The van der Waals surface area contributed by atoms with Crippen LogP contribution in [-0.4, -0.2) is 18.1 Å². The van der Waals surface area contributed by atoms with Crippen molar-refractivity contribution in [2.75, 3.05) is 7.11 Å². The van der Waals surface area contributed by atoms with Crippen molar-refractivity contribution in [1.82, 2.24) is 4.98 Å². The summed E-state index contributed by atoms with van der Waals surface area (Å²) in [5, 5.41) is 0.622. The van der Waals surface area contributed by atoms with E-state index in [9.17, 15) is 4.79 Å². The molecule has 0 aliphatic carbocycles. The molecule has 0 radical (unpaired) electrons. The summed E-state index contributed by atoms with van der Waals surface area (Å²) < 4.78 is 4.48. The zero-order valence-electron chi connectivity index (χ0n) is 8.04. The van der Waals surface area contributed by atoms with Gasteiger partial charge < -0.3 is 4.74 Å². The Morgan fingerprint density at radius 2 is 2.33 bits per heavy atom. The third-order valence-corrected chi connectivity index (χ3v) is 2.47. The molecule has 0 aliphatic rings. The second-order valence-corrected chi connectivity index (χ2v) is 3.42. The average molecular weight is 246 g/mol. The lowest BCUT2D eigenvalue weighted by Crippen LogP contribution is -1.96. The number of carbonyl (C=O) groups is 1. The number of methoxy groups -OCH3 is 1. The summed E-state index contributed by atoms with van der Waals surface area (Å²) in [7, 11) is 1.34. The van der Waals surface area contributed by atoms with Crippen LogP contribution in [0.2, 0.25) is 10.2 Å². The van der Waals surface area contributed by atoms with E-state index in [1.807, 2.05) is 0 Å². The fraction of sp³-hybridized carbons (Fsp3) is 0.200. The van der Waals surface area contributed by atoms with Crippen molar-refractivity contribution in [3.63, 3.8) is 0 Å². The van der Waals surface area contributed by atoms with Crippen LogP contribution in [0.15, 0.2) is 18.3 Å². The van der Waals surface area contributed by atoms with Gasteiger partial charge in [0.1, 0.15) is 5.15 Å². The highest BCUT2D eigenvalue weighted by molar-refractivity contribution is 6.42. The minimum Gasteiger partial charge on any atom is -0.469 e. The molecule has 0 aromatic carbocycles. The first-order chi connectivity index (χ1) is 7.15. The molecule has 0 spiro atoms. The second kappa shape index (κ2) is 5.73. The van der Waals surface area contributed by atoms with Gasteiger partial charge in [-0.2, -0.15) is 0 Å². The van der Waals surface area contributed by atoms with Gasteiger partial charge in [0.05, 0.1) is 18.6 Å². The van der Waals surface area contributed by atoms with Gasteiger partial charge in [-0.15, -0.1) is 0 Å². The predicted molar refractivity (Wildman–Crippen MR) is 59.9 cm³/mol. The number of hydrogen-bond acceptors (Lipinski definition) is 3. The Kier molecular flexibility index (Phi) is 4.59. The van der Waals surface area contributed by atoms with Gasteiger partial charge in [-0.1, -0.05) is 35.4 Å². The topological polar surface area (TPSA) is 39.2 Å². The maximum Gasteiger partial charge on any atom is 0.309 e. The minimum atomic E-state index is -0.303. The largest absolute Gasteiger partial charge is 0.469 e. The first kappa shape index (κ1) is 12.0. The predicted octanol–water partition coefficient (Wildman–Crippen LogP) is 2.96. The molecule has 15 heavy (non-hydrogen) atoms. The van der Waals surface area contributed by atoms with E-state index >= 15 is 0 Å². The summed E-state index contributed by atoms with van der Waals surface area (Å²) >= 11 is 11.6. The van der Waals surface area contributed by atoms with Crippen LogP contribution in [0.3, 0.4) is 0 Å². The Morgan fingerprint density at radius 3 is 3.00 bits per heavy atom. The molecule has 0 atom stereocenters. The quantitative estimate of drug-likeness (QED) is 0.608. The van der Waals surface area contributed by atoms with E-state index in [1.54, 1.807) is 24.4 Å². The fourth-order valence-electron chi connectivity index (χ4n) is 0.926. The Balaban J connectivity index is 2.72. The number of aromatic nitrogens is 1. The molecule has 80 valence electrons. The Hall–Kier alpha value is -1.06. The fourth-order valence-corrected chi connectivity index (χ4v) is 1.27. The van der Waals surface area contributed by atoms with Crippen LogP contribution in [0, 0.1) is 0 Å². The molecule has 0 amide bonds. The van der Waals surface area contributed by atoms with Crippen LogP contribution >= 0.6 is 23.2 Å². The van der Waals surface area contributed by atoms with Gasteiger partial charge in [-0.3, -0.25) is 4.79 Å². The van der Waals surface area contributed by atoms with Gasteiger partial charge in [0, 0.05) is 6.20 Å². The van der Waals surface area contributed by atoms with Gasteiger partial charge >= 0.3 is 5.97 Å².